The van der Waals surface area contributed by atoms with Gasteiger partial charge in [-0.05, 0) is 24.3 Å². The number of benzene rings is 1. The summed E-state index contributed by atoms with van der Waals surface area (Å²) in [4.78, 5) is 27.8. The Kier molecular flexibility index (Phi) is 6.53. The second-order valence-electron chi connectivity index (χ2n) is 4.66. The number of amides is 1. The average Bonchev–Trinajstić information content (AvgIpc) is 2.60. The molecule has 1 heterocycles. The summed E-state index contributed by atoms with van der Waals surface area (Å²) >= 11 is 5.83. The maximum Gasteiger partial charge on any atom is 0.340 e. The first-order chi connectivity index (χ1) is 11.6. The summed E-state index contributed by atoms with van der Waals surface area (Å²) in [5.41, 5.74) is 1.13. The van der Waals surface area contributed by atoms with Gasteiger partial charge in [-0.2, -0.15) is 0 Å². The van der Waals surface area contributed by atoms with Crippen LogP contribution in [0.25, 0.3) is 0 Å². The highest BCUT2D eigenvalue weighted by atomic mass is 35.5. The van der Waals surface area contributed by atoms with Gasteiger partial charge in [0.2, 0.25) is 0 Å². The number of esters is 1. The molecule has 0 saturated carbocycles. The lowest BCUT2D eigenvalue weighted by atomic mass is 10.2. The van der Waals surface area contributed by atoms with Crippen LogP contribution in [0.15, 0.2) is 42.6 Å². The molecule has 7 nitrogen and oxygen atoms in total. The van der Waals surface area contributed by atoms with E-state index in [4.69, 9.17) is 21.4 Å². The molecule has 2 aromatic rings. The molecule has 0 atom stereocenters. The van der Waals surface area contributed by atoms with Crippen molar-refractivity contribution in [3.8, 4) is 0 Å². The van der Waals surface area contributed by atoms with Crippen LogP contribution >= 0.6 is 11.6 Å². The van der Waals surface area contributed by atoms with Crippen LogP contribution in [-0.2, 0) is 9.53 Å². The van der Waals surface area contributed by atoms with Crippen molar-refractivity contribution >= 4 is 34.9 Å². The number of aromatic nitrogens is 1. The first-order valence-electron chi connectivity index (χ1n) is 7.13. The molecule has 1 aromatic carbocycles. The Morgan fingerprint density at radius 2 is 1.92 bits per heavy atom. The largest absolute Gasteiger partial charge is 0.452 e. The molecule has 0 spiro atoms. The maximum absolute atomic E-state index is 12.1. The molecule has 1 amide bonds. The van der Waals surface area contributed by atoms with Crippen LogP contribution in [0.4, 0.5) is 11.4 Å². The van der Waals surface area contributed by atoms with Gasteiger partial charge in [0.15, 0.2) is 11.8 Å². The van der Waals surface area contributed by atoms with E-state index in [1.54, 1.807) is 36.4 Å². The molecule has 8 heteroatoms. The third-order valence-electron chi connectivity index (χ3n) is 2.94. The smallest absolute Gasteiger partial charge is 0.340 e. The van der Waals surface area contributed by atoms with Crippen LogP contribution in [0.3, 0.4) is 0 Å². The second kappa shape index (κ2) is 8.85. The van der Waals surface area contributed by atoms with Gasteiger partial charge < -0.3 is 20.5 Å². The van der Waals surface area contributed by atoms with Crippen molar-refractivity contribution < 1.29 is 19.4 Å². The number of hydrogen-bond acceptors (Lipinski definition) is 6. The highest BCUT2D eigenvalue weighted by Gasteiger charge is 2.14. The molecule has 126 valence electrons. The molecule has 2 rings (SSSR count). The minimum atomic E-state index is -0.650. The van der Waals surface area contributed by atoms with Crippen molar-refractivity contribution in [3.05, 3.63) is 53.3 Å². The first-order valence-corrected chi connectivity index (χ1v) is 7.51. The summed E-state index contributed by atoms with van der Waals surface area (Å²) < 4.78 is 5.01. The molecular weight excluding hydrogens is 334 g/mol. The molecule has 0 unspecified atom stereocenters. The van der Waals surface area contributed by atoms with Crippen LogP contribution in [0.2, 0.25) is 5.15 Å². The van der Waals surface area contributed by atoms with Gasteiger partial charge in [0.05, 0.1) is 17.9 Å². The Labute approximate surface area is 143 Å². The van der Waals surface area contributed by atoms with Gasteiger partial charge in [0.25, 0.3) is 5.91 Å². The number of halogens is 1. The van der Waals surface area contributed by atoms with Crippen molar-refractivity contribution in [2.75, 3.05) is 30.4 Å². The minimum absolute atomic E-state index is 0.0718. The Bertz CT molecular complexity index is 724. The molecule has 0 aliphatic heterocycles. The molecule has 3 N–H and O–H groups in total. The van der Waals surface area contributed by atoms with Crippen LogP contribution in [-0.4, -0.2) is 41.7 Å². The monoisotopic (exact) mass is 349 g/mol. The third-order valence-corrected chi connectivity index (χ3v) is 3.24. The molecule has 0 fully saturated rings. The van der Waals surface area contributed by atoms with Gasteiger partial charge in [-0.1, -0.05) is 23.7 Å². The van der Waals surface area contributed by atoms with E-state index in [2.05, 4.69) is 15.6 Å². The summed E-state index contributed by atoms with van der Waals surface area (Å²) in [5.74, 6) is -1.18. The van der Waals surface area contributed by atoms with Gasteiger partial charge in [-0.25, -0.2) is 9.78 Å². The lowest BCUT2D eigenvalue weighted by Gasteiger charge is -2.11. The number of carbonyl (C=O) groups excluding carboxylic acids is 2. The lowest BCUT2D eigenvalue weighted by Crippen LogP contribution is -2.21. The third kappa shape index (κ3) is 4.94. The number of nitrogens with one attached hydrogen (secondary N) is 2. The SMILES string of the molecule is O=C(COC(=O)c1ccccc1NCCO)Nc1cccnc1Cl. The Hall–Kier alpha value is -2.64. The van der Waals surface area contributed by atoms with Crippen molar-refractivity contribution in [1.82, 2.24) is 4.98 Å². The summed E-state index contributed by atoms with van der Waals surface area (Å²) in [5, 5.41) is 14.4. The van der Waals surface area contributed by atoms with E-state index in [9.17, 15) is 9.59 Å². The Morgan fingerprint density at radius 1 is 1.17 bits per heavy atom. The van der Waals surface area contributed by atoms with E-state index in [0.717, 1.165) is 0 Å². The van der Waals surface area contributed by atoms with Gasteiger partial charge in [-0.3, -0.25) is 4.79 Å². The molecule has 1 aromatic heterocycles. The van der Waals surface area contributed by atoms with Crippen LogP contribution in [0, 0.1) is 0 Å². The minimum Gasteiger partial charge on any atom is -0.452 e. The van der Waals surface area contributed by atoms with Crippen LogP contribution < -0.4 is 10.6 Å². The number of aliphatic hydroxyl groups is 1. The summed E-state index contributed by atoms with van der Waals surface area (Å²) in [6.45, 7) is -0.236. The zero-order chi connectivity index (χ0) is 17.4. The van der Waals surface area contributed by atoms with E-state index in [1.165, 1.54) is 6.20 Å². The zero-order valence-corrected chi connectivity index (χ0v) is 13.4. The highest BCUT2D eigenvalue weighted by molar-refractivity contribution is 6.32. The quantitative estimate of drug-likeness (QED) is 0.521. The second-order valence-corrected chi connectivity index (χ2v) is 5.02. The van der Waals surface area contributed by atoms with E-state index in [-0.39, 0.29) is 17.3 Å². The molecule has 24 heavy (non-hydrogen) atoms. The lowest BCUT2D eigenvalue weighted by molar-refractivity contribution is -0.119. The molecule has 0 saturated heterocycles. The van der Waals surface area contributed by atoms with E-state index in [1.807, 2.05) is 0 Å². The average molecular weight is 350 g/mol. The van der Waals surface area contributed by atoms with E-state index >= 15 is 0 Å². The summed E-state index contributed by atoms with van der Waals surface area (Å²) in [6.07, 6.45) is 1.49. The van der Waals surface area contributed by atoms with Gasteiger partial charge in [0.1, 0.15) is 0 Å². The number of para-hydroxylation sites is 1. The van der Waals surface area contributed by atoms with Gasteiger partial charge in [-0.15, -0.1) is 0 Å². The summed E-state index contributed by atoms with van der Waals surface area (Å²) in [6, 6.07) is 9.88. The Morgan fingerprint density at radius 3 is 2.67 bits per heavy atom. The molecule has 0 aliphatic rings. The maximum atomic E-state index is 12.1. The topological polar surface area (TPSA) is 101 Å². The number of aliphatic hydroxyl groups excluding tert-OH is 1. The fraction of sp³-hybridized carbons (Fsp3) is 0.188. The normalized spacial score (nSPS) is 10.1. The number of nitrogens with zero attached hydrogens (tertiary/aromatic N) is 1. The molecule has 0 aliphatic carbocycles. The number of rotatable bonds is 7. The van der Waals surface area contributed by atoms with E-state index in [0.29, 0.717) is 17.9 Å². The van der Waals surface area contributed by atoms with E-state index < -0.39 is 18.5 Å². The van der Waals surface area contributed by atoms with Crippen LogP contribution in [0.5, 0.6) is 0 Å². The summed E-state index contributed by atoms with van der Waals surface area (Å²) in [7, 11) is 0. The fourth-order valence-electron chi connectivity index (χ4n) is 1.88. The van der Waals surface area contributed by atoms with Crippen molar-refractivity contribution in [3.63, 3.8) is 0 Å². The molecular formula is C16H16ClN3O4. The number of anilines is 2. The van der Waals surface area contributed by atoms with Crippen molar-refractivity contribution in [2.24, 2.45) is 0 Å². The number of ether oxygens (including phenoxy) is 1. The predicted molar refractivity (Wildman–Crippen MR) is 90.2 cm³/mol. The van der Waals surface area contributed by atoms with Crippen molar-refractivity contribution in [1.29, 1.82) is 0 Å². The van der Waals surface area contributed by atoms with Crippen molar-refractivity contribution in [2.45, 2.75) is 0 Å². The number of carbonyl (C=O) groups is 2. The number of hydrogen-bond donors (Lipinski definition) is 3. The van der Waals surface area contributed by atoms with Crippen LogP contribution in [0.1, 0.15) is 10.4 Å². The highest BCUT2D eigenvalue weighted by Crippen LogP contribution is 2.18. The fourth-order valence-corrected chi connectivity index (χ4v) is 2.05. The standard InChI is InChI=1S/C16H16ClN3O4/c17-15-13(6-3-7-19-15)20-14(22)10-24-16(23)11-4-1-2-5-12(11)18-8-9-21/h1-7,18,21H,8-10H2,(H,20,22). The Balaban J connectivity index is 1.93. The van der Waals surface area contributed by atoms with Gasteiger partial charge in [0, 0.05) is 18.4 Å². The number of pyridine rings is 1. The predicted octanol–water partition coefficient (Wildman–Crippen LogP) is 1.93. The zero-order valence-electron chi connectivity index (χ0n) is 12.7. The van der Waals surface area contributed by atoms with Gasteiger partial charge >= 0.3 is 5.97 Å². The molecule has 0 bridgehead atoms. The first kappa shape index (κ1) is 17.7. The molecule has 0 radical (unpaired) electrons.